The van der Waals surface area contributed by atoms with Crippen molar-refractivity contribution in [3.63, 3.8) is 0 Å². The molecular weight excluding hydrogens is 284 g/mol. The first-order valence-electron chi connectivity index (χ1n) is 8.75. The molecule has 126 valence electrons. The topological polar surface area (TPSA) is 27.7 Å². The van der Waals surface area contributed by atoms with Crippen molar-refractivity contribution in [1.29, 1.82) is 0 Å². The van der Waals surface area contributed by atoms with E-state index in [9.17, 15) is 0 Å². The van der Waals surface area contributed by atoms with Crippen LogP contribution in [0.2, 0.25) is 0 Å². The summed E-state index contributed by atoms with van der Waals surface area (Å²) >= 11 is 1.96. The quantitative estimate of drug-likeness (QED) is 0.474. The Labute approximate surface area is 135 Å². The van der Waals surface area contributed by atoms with Crippen molar-refractivity contribution in [2.75, 3.05) is 32.2 Å². The van der Waals surface area contributed by atoms with E-state index in [2.05, 4.69) is 20.8 Å². The highest BCUT2D eigenvalue weighted by Gasteiger charge is 2.38. The molecule has 1 rings (SSSR count). The number of unbranched alkanes of at least 4 members (excludes halogenated alkanes) is 3. The van der Waals surface area contributed by atoms with Crippen molar-refractivity contribution in [2.24, 2.45) is 0 Å². The Morgan fingerprint density at radius 2 is 1.48 bits per heavy atom. The van der Waals surface area contributed by atoms with Gasteiger partial charge in [0.05, 0.1) is 24.1 Å². The molecular formula is C17H34O3S. The number of ether oxygens (including phenoxy) is 3. The molecule has 1 fully saturated rings. The SMILES string of the molecule is CCCCOCC1SCC(OCCCC)[C@@H]1OCCCC. The summed E-state index contributed by atoms with van der Waals surface area (Å²) in [6.07, 6.45) is 7.43. The molecule has 0 radical (unpaired) electrons. The average Bonchev–Trinajstić information content (AvgIpc) is 2.87. The smallest absolute Gasteiger partial charge is 0.0985 e. The summed E-state index contributed by atoms with van der Waals surface area (Å²) in [4.78, 5) is 0. The Morgan fingerprint density at radius 3 is 2.14 bits per heavy atom. The van der Waals surface area contributed by atoms with Crippen molar-refractivity contribution < 1.29 is 14.2 Å². The second kappa shape index (κ2) is 12.7. The zero-order valence-electron chi connectivity index (χ0n) is 14.1. The fourth-order valence-electron chi connectivity index (χ4n) is 2.34. The second-order valence-electron chi connectivity index (χ2n) is 5.75. The fraction of sp³-hybridized carbons (Fsp3) is 1.00. The number of hydrogen-bond donors (Lipinski definition) is 0. The van der Waals surface area contributed by atoms with Gasteiger partial charge in [-0.1, -0.05) is 40.0 Å². The zero-order chi connectivity index (χ0) is 15.3. The lowest BCUT2D eigenvalue weighted by Crippen LogP contribution is -2.37. The normalized spacial score (nSPS) is 25.6. The van der Waals surface area contributed by atoms with Crippen LogP contribution in [0.15, 0.2) is 0 Å². The van der Waals surface area contributed by atoms with Gasteiger partial charge < -0.3 is 14.2 Å². The molecule has 0 N–H and O–H groups in total. The van der Waals surface area contributed by atoms with E-state index in [-0.39, 0.29) is 12.2 Å². The van der Waals surface area contributed by atoms with Gasteiger partial charge >= 0.3 is 0 Å². The van der Waals surface area contributed by atoms with Crippen LogP contribution in [0.1, 0.15) is 59.3 Å². The van der Waals surface area contributed by atoms with Crippen LogP contribution >= 0.6 is 11.8 Å². The van der Waals surface area contributed by atoms with Crippen molar-refractivity contribution in [3.05, 3.63) is 0 Å². The third-order valence-corrected chi connectivity index (χ3v) is 5.12. The zero-order valence-corrected chi connectivity index (χ0v) is 15.0. The van der Waals surface area contributed by atoms with E-state index in [4.69, 9.17) is 14.2 Å². The number of hydrogen-bond acceptors (Lipinski definition) is 4. The Bertz CT molecular complexity index is 238. The molecule has 0 aromatic carbocycles. The highest BCUT2D eigenvalue weighted by atomic mass is 32.2. The molecule has 1 saturated heterocycles. The summed E-state index contributed by atoms with van der Waals surface area (Å²) < 4.78 is 18.0. The van der Waals surface area contributed by atoms with Crippen molar-refractivity contribution >= 4 is 11.8 Å². The van der Waals surface area contributed by atoms with Gasteiger partial charge in [-0.2, -0.15) is 11.8 Å². The lowest BCUT2D eigenvalue weighted by Gasteiger charge is -2.24. The first kappa shape index (κ1) is 19.3. The highest BCUT2D eigenvalue weighted by Crippen LogP contribution is 2.32. The van der Waals surface area contributed by atoms with Gasteiger partial charge in [0, 0.05) is 25.6 Å². The van der Waals surface area contributed by atoms with Crippen LogP contribution < -0.4 is 0 Å². The molecule has 3 nitrogen and oxygen atoms in total. The second-order valence-corrected chi connectivity index (χ2v) is 7.02. The van der Waals surface area contributed by atoms with E-state index in [0.29, 0.717) is 5.25 Å². The van der Waals surface area contributed by atoms with E-state index in [1.165, 1.54) is 19.3 Å². The molecule has 0 aromatic rings. The number of rotatable bonds is 13. The van der Waals surface area contributed by atoms with E-state index in [1.807, 2.05) is 11.8 Å². The van der Waals surface area contributed by atoms with Crippen molar-refractivity contribution in [1.82, 2.24) is 0 Å². The summed E-state index contributed by atoms with van der Waals surface area (Å²) in [5.74, 6) is 1.04. The van der Waals surface area contributed by atoms with Crippen molar-refractivity contribution in [3.8, 4) is 0 Å². The lowest BCUT2D eigenvalue weighted by molar-refractivity contribution is -0.0656. The van der Waals surface area contributed by atoms with Gasteiger partial charge in [0.25, 0.3) is 0 Å². The van der Waals surface area contributed by atoms with Crippen LogP contribution in [0.5, 0.6) is 0 Å². The van der Waals surface area contributed by atoms with Crippen LogP contribution in [0.4, 0.5) is 0 Å². The van der Waals surface area contributed by atoms with Crippen LogP contribution in [0.3, 0.4) is 0 Å². The third-order valence-electron chi connectivity index (χ3n) is 3.77. The maximum absolute atomic E-state index is 6.13. The minimum absolute atomic E-state index is 0.208. The maximum atomic E-state index is 6.13. The summed E-state index contributed by atoms with van der Waals surface area (Å²) in [7, 11) is 0. The van der Waals surface area contributed by atoms with E-state index >= 15 is 0 Å². The number of thioether (sulfide) groups is 1. The maximum Gasteiger partial charge on any atom is 0.0985 e. The van der Waals surface area contributed by atoms with E-state index in [1.54, 1.807) is 0 Å². The van der Waals surface area contributed by atoms with Crippen molar-refractivity contribution in [2.45, 2.75) is 76.8 Å². The molecule has 2 unspecified atom stereocenters. The van der Waals surface area contributed by atoms with Crippen LogP contribution in [-0.4, -0.2) is 49.6 Å². The largest absolute Gasteiger partial charge is 0.380 e. The average molecular weight is 319 g/mol. The Morgan fingerprint density at radius 1 is 0.857 bits per heavy atom. The molecule has 1 aliphatic rings. The standard InChI is InChI=1S/C17H34O3S/c1-4-7-10-18-13-16-17(20-12-9-6-3)15(14-21-16)19-11-8-5-2/h15-17H,4-14H2,1-3H3/t15?,16?,17-/m0/s1. The predicted molar refractivity (Wildman–Crippen MR) is 91.3 cm³/mol. The molecule has 0 aliphatic carbocycles. The van der Waals surface area contributed by atoms with Gasteiger partial charge in [0.2, 0.25) is 0 Å². The Hall–Kier alpha value is 0.230. The molecule has 0 spiro atoms. The molecule has 21 heavy (non-hydrogen) atoms. The van der Waals surface area contributed by atoms with Gasteiger partial charge in [0.15, 0.2) is 0 Å². The minimum atomic E-state index is 0.208. The molecule has 1 heterocycles. The molecule has 0 bridgehead atoms. The summed E-state index contributed by atoms with van der Waals surface area (Å²) in [6, 6.07) is 0. The molecule has 1 aliphatic heterocycles. The molecule has 0 amide bonds. The Kier molecular flexibility index (Phi) is 11.7. The van der Waals surface area contributed by atoms with Gasteiger partial charge in [-0.25, -0.2) is 0 Å². The molecule has 0 aromatic heterocycles. The third kappa shape index (κ3) is 7.87. The fourth-order valence-corrected chi connectivity index (χ4v) is 3.70. The summed E-state index contributed by atoms with van der Waals surface area (Å²) in [6.45, 7) is 9.98. The molecule has 4 heteroatoms. The van der Waals surface area contributed by atoms with Crippen LogP contribution in [0, 0.1) is 0 Å². The molecule has 3 atom stereocenters. The lowest BCUT2D eigenvalue weighted by atomic mass is 10.1. The van der Waals surface area contributed by atoms with Crippen LogP contribution in [-0.2, 0) is 14.2 Å². The van der Waals surface area contributed by atoms with E-state index in [0.717, 1.165) is 51.4 Å². The molecule has 0 saturated carbocycles. The van der Waals surface area contributed by atoms with Crippen LogP contribution in [0.25, 0.3) is 0 Å². The van der Waals surface area contributed by atoms with Gasteiger partial charge in [0.1, 0.15) is 0 Å². The van der Waals surface area contributed by atoms with Gasteiger partial charge in [-0.05, 0) is 19.3 Å². The summed E-state index contributed by atoms with van der Waals surface area (Å²) in [5.41, 5.74) is 0. The predicted octanol–water partition coefficient (Wildman–Crippen LogP) is 4.29. The minimum Gasteiger partial charge on any atom is -0.380 e. The van der Waals surface area contributed by atoms with Gasteiger partial charge in [-0.3, -0.25) is 0 Å². The first-order valence-corrected chi connectivity index (χ1v) is 9.80. The highest BCUT2D eigenvalue weighted by molar-refractivity contribution is 8.00. The summed E-state index contributed by atoms with van der Waals surface area (Å²) in [5, 5.41) is 0.435. The monoisotopic (exact) mass is 318 g/mol. The van der Waals surface area contributed by atoms with Gasteiger partial charge in [-0.15, -0.1) is 0 Å². The Balaban J connectivity index is 2.36. The first-order chi connectivity index (χ1) is 10.3. The van der Waals surface area contributed by atoms with E-state index < -0.39 is 0 Å².